The van der Waals surface area contributed by atoms with Crippen molar-refractivity contribution in [1.29, 1.82) is 0 Å². The van der Waals surface area contributed by atoms with Gasteiger partial charge in [-0.25, -0.2) is 8.78 Å². The van der Waals surface area contributed by atoms with Gasteiger partial charge in [0.25, 0.3) is 5.82 Å². The van der Waals surface area contributed by atoms with E-state index >= 15 is 0 Å². The highest BCUT2D eigenvalue weighted by Gasteiger charge is 2.38. The summed E-state index contributed by atoms with van der Waals surface area (Å²) in [7, 11) is 0. The molecule has 2 heterocycles. The summed E-state index contributed by atoms with van der Waals surface area (Å²) in [6.07, 6.45) is -4.74. The number of nitrogens with zero attached hydrogens (tertiary/aromatic N) is 4. The third kappa shape index (κ3) is 2.18. The fourth-order valence-corrected chi connectivity index (χ4v) is 2.49. The molecule has 0 aliphatic carbocycles. The van der Waals surface area contributed by atoms with Gasteiger partial charge in [0.05, 0.1) is 11.3 Å². The van der Waals surface area contributed by atoms with Crippen LogP contribution in [0.2, 0.25) is 0 Å². The van der Waals surface area contributed by atoms with Crippen molar-refractivity contribution in [1.82, 2.24) is 19.8 Å². The Bertz CT molecular complexity index is 836. The normalized spacial score (nSPS) is 12.2. The van der Waals surface area contributed by atoms with Crippen LogP contribution in [0.25, 0.3) is 15.5 Å². The van der Waals surface area contributed by atoms with Gasteiger partial charge >= 0.3 is 6.18 Å². The van der Waals surface area contributed by atoms with E-state index in [4.69, 9.17) is 5.73 Å². The minimum Gasteiger partial charge on any atom is -0.396 e. The Morgan fingerprint density at radius 2 is 1.81 bits per heavy atom. The van der Waals surface area contributed by atoms with Crippen LogP contribution in [-0.2, 0) is 6.18 Å². The van der Waals surface area contributed by atoms with Crippen molar-refractivity contribution in [2.75, 3.05) is 5.73 Å². The van der Waals surface area contributed by atoms with Gasteiger partial charge in [-0.1, -0.05) is 11.3 Å². The van der Waals surface area contributed by atoms with Gasteiger partial charge in [0.2, 0.25) is 4.96 Å². The van der Waals surface area contributed by atoms with Crippen LogP contribution in [0.5, 0.6) is 0 Å². The highest BCUT2D eigenvalue weighted by Crippen LogP contribution is 2.33. The van der Waals surface area contributed by atoms with Crippen LogP contribution in [0.4, 0.5) is 27.6 Å². The molecule has 0 aliphatic heterocycles. The average molecular weight is 321 g/mol. The summed E-state index contributed by atoms with van der Waals surface area (Å²) >= 11 is 0.676. The van der Waals surface area contributed by atoms with E-state index in [2.05, 4.69) is 15.3 Å². The molecule has 0 unspecified atom stereocenters. The molecular weight excluding hydrogens is 317 g/mol. The van der Waals surface area contributed by atoms with Gasteiger partial charge in [0.15, 0.2) is 5.01 Å². The van der Waals surface area contributed by atoms with Crippen molar-refractivity contribution in [3.8, 4) is 10.6 Å². The van der Waals surface area contributed by atoms with Crippen molar-refractivity contribution in [3.05, 3.63) is 29.6 Å². The van der Waals surface area contributed by atoms with Crippen LogP contribution in [0.1, 0.15) is 5.82 Å². The maximum atomic E-state index is 13.7. The molecule has 0 bridgehead atoms. The largest absolute Gasteiger partial charge is 0.453 e. The Kier molecular flexibility index (Phi) is 2.83. The second-order valence-electron chi connectivity index (χ2n) is 3.98. The average Bonchev–Trinajstić information content (AvgIpc) is 2.91. The Morgan fingerprint density at radius 3 is 2.48 bits per heavy atom. The van der Waals surface area contributed by atoms with Gasteiger partial charge in [0, 0.05) is 6.07 Å². The van der Waals surface area contributed by atoms with E-state index < -0.39 is 23.6 Å². The van der Waals surface area contributed by atoms with Crippen molar-refractivity contribution in [3.63, 3.8) is 0 Å². The zero-order chi connectivity index (χ0) is 15.4. The third-order valence-electron chi connectivity index (χ3n) is 2.56. The van der Waals surface area contributed by atoms with Crippen LogP contribution >= 0.6 is 11.3 Å². The van der Waals surface area contributed by atoms with Gasteiger partial charge in [-0.05, 0) is 6.07 Å². The number of fused-ring (bicyclic) bond motifs is 1. The zero-order valence-corrected chi connectivity index (χ0v) is 10.6. The molecule has 0 fully saturated rings. The Hall–Kier alpha value is -2.30. The first-order valence-corrected chi connectivity index (χ1v) is 6.13. The molecule has 0 aliphatic rings. The summed E-state index contributed by atoms with van der Waals surface area (Å²) in [5.41, 5.74) is 4.77. The van der Waals surface area contributed by atoms with Crippen LogP contribution < -0.4 is 5.73 Å². The number of anilines is 1. The predicted molar refractivity (Wildman–Crippen MR) is 63.4 cm³/mol. The Morgan fingerprint density at radius 1 is 1.10 bits per heavy atom. The Balaban J connectivity index is 2.19. The fraction of sp³-hybridized carbons (Fsp3) is 0.100. The van der Waals surface area contributed by atoms with E-state index in [0.717, 1.165) is 6.07 Å². The lowest BCUT2D eigenvalue weighted by atomic mass is 10.2. The number of hydrogen-bond donors (Lipinski definition) is 1. The highest BCUT2D eigenvalue weighted by atomic mass is 32.1. The number of benzene rings is 1. The molecule has 0 spiro atoms. The van der Waals surface area contributed by atoms with Gasteiger partial charge in [-0.2, -0.15) is 22.8 Å². The Labute approximate surface area is 116 Å². The first kappa shape index (κ1) is 13.7. The van der Waals surface area contributed by atoms with Crippen LogP contribution in [0, 0.1) is 11.6 Å². The molecule has 0 saturated carbocycles. The van der Waals surface area contributed by atoms with E-state index in [1.807, 2.05) is 0 Å². The standard InChI is InChI=1S/C10H4F5N5S/c11-4-2-5(12)6(16)1-3(4)7-19-20-8(10(13,14)15)17-18-9(20)21-7/h1-2H,16H2. The smallest absolute Gasteiger partial charge is 0.396 e. The summed E-state index contributed by atoms with van der Waals surface area (Å²) in [5, 5.41) is 9.79. The molecule has 3 rings (SSSR count). The van der Waals surface area contributed by atoms with E-state index in [1.54, 1.807) is 0 Å². The number of rotatable bonds is 1. The van der Waals surface area contributed by atoms with Crippen LogP contribution in [0.3, 0.4) is 0 Å². The summed E-state index contributed by atoms with van der Waals surface area (Å²) in [5.74, 6) is -3.27. The summed E-state index contributed by atoms with van der Waals surface area (Å²) < 4.78 is 65.2. The summed E-state index contributed by atoms with van der Waals surface area (Å²) in [4.78, 5) is -0.167. The second kappa shape index (κ2) is 4.35. The maximum Gasteiger partial charge on any atom is 0.453 e. The number of nitrogen functional groups attached to an aromatic ring is 1. The summed E-state index contributed by atoms with van der Waals surface area (Å²) in [6.45, 7) is 0. The lowest BCUT2D eigenvalue weighted by molar-refractivity contribution is -0.146. The highest BCUT2D eigenvalue weighted by molar-refractivity contribution is 7.19. The van der Waals surface area contributed by atoms with Crippen molar-refractivity contribution in [2.45, 2.75) is 6.18 Å². The fourth-order valence-electron chi connectivity index (χ4n) is 1.63. The third-order valence-corrected chi connectivity index (χ3v) is 3.49. The number of nitrogens with two attached hydrogens (primary N) is 1. The number of halogens is 5. The molecule has 2 N–H and O–H groups in total. The maximum absolute atomic E-state index is 13.7. The first-order chi connectivity index (χ1) is 9.77. The molecule has 0 atom stereocenters. The van der Waals surface area contributed by atoms with Gasteiger partial charge in [-0.15, -0.1) is 10.2 Å². The molecule has 21 heavy (non-hydrogen) atoms. The number of hydrogen-bond acceptors (Lipinski definition) is 5. The van der Waals surface area contributed by atoms with Crippen molar-refractivity contribution < 1.29 is 22.0 Å². The number of aromatic nitrogens is 4. The summed E-state index contributed by atoms with van der Waals surface area (Å²) in [6, 6.07) is 1.50. The van der Waals surface area contributed by atoms with Gasteiger partial charge in [0.1, 0.15) is 11.6 Å². The lowest BCUT2D eigenvalue weighted by Gasteiger charge is -2.02. The topological polar surface area (TPSA) is 69.1 Å². The minimum atomic E-state index is -4.74. The molecule has 2 aromatic heterocycles. The zero-order valence-electron chi connectivity index (χ0n) is 9.82. The predicted octanol–water partition coefficient (Wildman–Crippen LogP) is 2.73. The molecular formula is C10H4F5N5S. The second-order valence-corrected chi connectivity index (χ2v) is 4.93. The lowest BCUT2D eigenvalue weighted by Crippen LogP contribution is -2.11. The van der Waals surface area contributed by atoms with Crippen LogP contribution in [0.15, 0.2) is 12.1 Å². The van der Waals surface area contributed by atoms with Gasteiger partial charge in [-0.3, -0.25) is 0 Å². The van der Waals surface area contributed by atoms with Crippen molar-refractivity contribution in [2.24, 2.45) is 0 Å². The molecule has 110 valence electrons. The molecule has 11 heteroatoms. The van der Waals surface area contributed by atoms with Crippen molar-refractivity contribution >= 4 is 22.0 Å². The van der Waals surface area contributed by atoms with Gasteiger partial charge < -0.3 is 5.73 Å². The number of alkyl halides is 3. The first-order valence-electron chi connectivity index (χ1n) is 5.31. The van der Waals surface area contributed by atoms with E-state index in [-0.39, 0.29) is 21.2 Å². The quantitative estimate of drug-likeness (QED) is 0.553. The van der Waals surface area contributed by atoms with E-state index in [0.29, 0.717) is 21.9 Å². The molecule has 0 saturated heterocycles. The SMILES string of the molecule is Nc1cc(-c2nn3c(C(F)(F)F)nnc3s2)c(F)cc1F. The molecule has 0 radical (unpaired) electrons. The molecule has 5 nitrogen and oxygen atoms in total. The molecule has 1 aromatic carbocycles. The molecule has 0 amide bonds. The van der Waals surface area contributed by atoms with Crippen LogP contribution in [-0.4, -0.2) is 19.8 Å². The monoisotopic (exact) mass is 321 g/mol. The van der Waals surface area contributed by atoms with E-state index in [1.165, 1.54) is 0 Å². The minimum absolute atomic E-state index is 0.116. The molecule has 3 aromatic rings. The van der Waals surface area contributed by atoms with E-state index in [9.17, 15) is 22.0 Å².